The van der Waals surface area contributed by atoms with Crippen LogP contribution in [-0.4, -0.2) is 53.9 Å². The van der Waals surface area contributed by atoms with Crippen molar-refractivity contribution in [2.45, 2.75) is 38.6 Å². The Labute approximate surface area is 307 Å². The molecule has 4 N–H and O–H groups in total. The van der Waals surface area contributed by atoms with Gasteiger partial charge in [0.25, 0.3) is 5.91 Å². The summed E-state index contributed by atoms with van der Waals surface area (Å²) in [6.45, 7) is 3.50. The molecule has 270 valence electrons. The monoisotopic (exact) mass is 711 g/mol. The quantitative estimate of drug-likeness (QED) is 0.142. The van der Waals surface area contributed by atoms with Gasteiger partial charge in [0.05, 0.1) is 6.61 Å². The summed E-state index contributed by atoms with van der Waals surface area (Å²) in [4.78, 5) is 40.5. The van der Waals surface area contributed by atoms with Gasteiger partial charge < -0.3 is 25.4 Å². The maximum atomic E-state index is 12.9. The first-order chi connectivity index (χ1) is 25.9. The Bertz CT molecular complexity index is 2120. The number of piperidine rings is 1. The number of ether oxygens (including phenoxy) is 2. The lowest BCUT2D eigenvalue weighted by Gasteiger charge is -2.34. The summed E-state index contributed by atoms with van der Waals surface area (Å²) in [6.07, 6.45) is 4.13. The summed E-state index contributed by atoms with van der Waals surface area (Å²) in [5, 5.41) is 10.7. The molecule has 3 aliphatic heterocycles. The number of para-hydroxylation sites is 1. The second-order valence-corrected chi connectivity index (χ2v) is 13.6. The van der Waals surface area contributed by atoms with Gasteiger partial charge in [0, 0.05) is 61.3 Å². The molecule has 5 aromatic rings. The Kier molecular flexibility index (Phi) is 9.41. The van der Waals surface area contributed by atoms with Gasteiger partial charge in [-0.15, -0.1) is 0 Å². The van der Waals surface area contributed by atoms with Crippen LogP contribution in [0.3, 0.4) is 0 Å². The van der Waals surface area contributed by atoms with Crippen molar-refractivity contribution in [3.05, 3.63) is 108 Å². The molecule has 0 atom stereocenters. The Morgan fingerprint density at radius 2 is 1.51 bits per heavy atom. The number of carbonyl (C=O) groups is 3. The van der Waals surface area contributed by atoms with Crippen LogP contribution in [0.15, 0.2) is 97.1 Å². The lowest BCUT2D eigenvalue weighted by molar-refractivity contribution is -0.120. The van der Waals surface area contributed by atoms with Crippen molar-refractivity contribution in [3.8, 4) is 28.5 Å². The average Bonchev–Trinajstić information content (AvgIpc) is 3.44. The van der Waals surface area contributed by atoms with Gasteiger partial charge in [-0.2, -0.15) is 5.10 Å². The van der Waals surface area contributed by atoms with Gasteiger partial charge in [-0.1, -0.05) is 24.3 Å². The number of hydrogen-bond acceptors (Lipinski definition) is 8. The number of nitrogens with zero attached hydrogens (tertiary/aromatic N) is 4. The van der Waals surface area contributed by atoms with Crippen molar-refractivity contribution < 1.29 is 23.9 Å². The fraction of sp³-hybridized carbons (Fsp3) is 0.268. The van der Waals surface area contributed by atoms with Gasteiger partial charge in [0.2, 0.25) is 5.91 Å². The number of benzene rings is 4. The number of imide groups is 1. The Balaban J connectivity index is 0.868. The van der Waals surface area contributed by atoms with E-state index in [4.69, 9.17) is 20.3 Å². The number of aryl methyl sites for hydroxylation is 2. The molecule has 2 saturated heterocycles. The van der Waals surface area contributed by atoms with Crippen molar-refractivity contribution in [2.24, 2.45) is 11.7 Å². The number of anilines is 4. The van der Waals surface area contributed by atoms with Gasteiger partial charge in [-0.05, 0) is 104 Å². The van der Waals surface area contributed by atoms with E-state index in [2.05, 4.69) is 33.7 Å². The average molecular weight is 712 g/mol. The molecule has 12 nitrogen and oxygen atoms in total. The maximum Gasteiger partial charge on any atom is 0.328 e. The Morgan fingerprint density at radius 1 is 0.792 bits per heavy atom. The van der Waals surface area contributed by atoms with E-state index in [9.17, 15) is 14.4 Å². The van der Waals surface area contributed by atoms with Gasteiger partial charge in [-0.25, -0.2) is 9.48 Å². The highest BCUT2D eigenvalue weighted by molar-refractivity contribution is 6.06. The molecule has 0 saturated carbocycles. The van der Waals surface area contributed by atoms with Crippen LogP contribution in [0.2, 0.25) is 0 Å². The lowest BCUT2D eigenvalue weighted by Crippen LogP contribution is -2.49. The third-order valence-corrected chi connectivity index (χ3v) is 10.2. The molecule has 4 amide bonds. The van der Waals surface area contributed by atoms with Crippen LogP contribution in [0.25, 0.3) is 11.3 Å². The Hall–Kier alpha value is -6.30. The molecular weight excluding hydrogens is 670 g/mol. The molecule has 53 heavy (non-hydrogen) atoms. The smallest absolute Gasteiger partial charge is 0.328 e. The van der Waals surface area contributed by atoms with Crippen molar-refractivity contribution in [1.29, 1.82) is 0 Å². The lowest BCUT2D eigenvalue weighted by atomic mass is 9.93. The van der Waals surface area contributed by atoms with Crippen LogP contribution in [0.1, 0.15) is 41.6 Å². The van der Waals surface area contributed by atoms with Gasteiger partial charge in [0.15, 0.2) is 0 Å². The molecule has 0 spiro atoms. The molecular formula is C41H41N7O5. The normalized spacial score (nSPS) is 15.8. The number of nitrogens with two attached hydrogens (primary N) is 1. The van der Waals surface area contributed by atoms with Gasteiger partial charge >= 0.3 is 6.03 Å². The Morgan fingerprint density at radius 3 is 2.25 bits per heavy atom. The first-order valence-corrected chi connectivity index (χ1v) is 18.1. The number of amides is 4. The van der Waals surface area contributed by atoms with E-state index in [0.29, 0.717) is 54.9 Å². The summed E-state index contributed by atoms with van der Waals surface area (Å²) >= 11 is 0. The van der Waals surface area contributed by atoms with Crippen molar-refractivity contribution in [1.82, 2.24) is 15.1 Å². The molecule has 3 aliphatic rings. The fourth-order valence-corrected chi connectivity index (χ4v) is 7.30. The van der Waals surface area contributed by atoms with Gasteiger partial charge in [-0.3, -0.25) is 19.8 Å². The second-order valence-electron chi connectivity index (χ2n) is 13.6. The molecule has 0 bridgehead atoms. The molecule has 8 rings (SSSR count). The first-order valence-electron chi connectivity index (χ1n) is 18.1. The number of carbonyl (C=O) groups excluding carboxylic acids is 3. The maximum absolute atomic E-state index is 12.9. The molecule has 0 radical (unpaired) electrons. The van der Waals surface area contributed by atoms with E-state index in [1.54, 1.807) is 4.90 Å². The summed E-state index contributed by atoms with van der Waals surface area (Å²) < 4.78 is 14.0. The molecule has 12 heteroatoms. The molecule has 0 aliphatic carbocycles. The predicted molar refractivity (Wildman–Crippen MR) is 203 cm³/mol. The first kappa shape index (κ1) is 33.8. The molecule has 4 heterocycles. The number of rotatable bonds is 10. The van der Waals surface area contributed by atoms with Crippen LogP contribution in [-0.2, 0) is 17.8 Å². The highest BCUT2D eigenvalue weighted by Crippen LogP contribution is 2.37. The van der Waals surface area contributed by atoms with E-state index in [1.165, 1.54) is 0 Å². The summed E-state index contributed by atoms with van der Waals surface area (Å²) in [6, 6.07) is 30.8. The van der Waals surface area contributed by atoms with Crippen LogP contribution in [0.5, 0.6) is 17.2 Å². The number of aromatic nitrogens is 2. The zero-order valence-electron chi connectivity index (χ0n) is 29.3. The SMILES string of the molecule is NC(=O)c1c(-c2ccc(Oc3ccccc3)cc2)nn2c1Nc1cc(OCCC3CCN(c4ccc(N5CCC(=O)NC5=O)cc4)CC3)ccc1CC2. The third-order valence-electron chi connectivity index (χ3n) is 10.2. The molecule has 0 unspecified atom stereocenters. The van der Waals surface area contributed by atoms with Crippen molar-refractivity contribution in [2.75, 3.05) is 41.4 Å². The van der Waals surface area contributed by atoms with Crippen LogP contribution in [0.4, 0.5) is 27.7 Å². The zero-order chi connectivity index (χ0) is 36.3. The van der Waals surface area contributed by atoms with E-state index in [0.717, 1.165) is 78.5 Å². The summed E-state index contributed by atoms with van der Waals surface area (Å²) in [5.74, 6) is 2.54. The van der Waals surface area contributed by atoms with E-state index in [-0.39, 0.29) is 11.9 Å². The highest BCUT2D eigenvalue weighted by atomic mass is 16.5. The van der Waals surface area contributed by atoms with Crippen molar-refractivity contribution in [3.63, 3.8) is 0 Å². The van der Waals surface area contributed by atoms with E-state index in [1.807, 2.05) is 83.5 Å². The number of nitrogens with one attached hydrogen (secondary N) is 2. The van der Waals surface area contributed by atoms with Crippen LogP contribution >= 0.6 is 0 Å². The molecule has 4 aromatic carbocycles. The highest BCUT2D eigenvalue weighted by Gasteiger charge is 2.27. The number of fused-ring (bicyclic) bond motifs is 2. The summed E-state index contributed by atoms with van der Waals surface area (Å²) in [7, 11) is 0. The zero-order valence-corrected chi connectivity index (χ0v) is 29.3. The van der Waals surface area contributed by atoms with Gasteiger partial charge in [0.1, 0.15) is 34.3 Å². The predicted octanol–water partition coefficient (Wildman–Crippen LogP) is 6.87. The largest absolute Gasteiger partial charge is 0.494 e. The standard InChI is InChI=1S/C41H41N7O5/c42-39(50)37-38(29-7-13-33(14-8-29)53-32-4-2-1-3-5-32)45-48-24-18-28-6-15-34(26-35(28)43-40(37)48)52-25-20-27-16-21-46(22-17-27)30-9-11-31(12-10-30)47-23-19-36(49)44-41(47)51/h1-15,26-27,43H,16-25H2,(H2,42,50)(H,44,49,51). The van der Waals surface area contributed by atoms with E-state index < -0.39 is 5.91 Å². The van der Waals surface area contributed by atoms with Crippen LogP contribution < -0.4 is 35.6 Å². The molecule has 2 fully saturated rings. The van der Waals surface area contributed by atoms with E-state index >= 15 is 0 Å². The molecule has 1 aromatic heterocycles. The summed E-state index contributed by atoms with van der Waals surface area (Å²) in [5.41, 5.74) is 11.5. The minimum absolute atomic E-state index is 0.233. The van der Waals surface area contributed by atoms with Crippen LogP contribution in [0, 0.1) is 5.92 Å². The third kappa shape index (κ3) is 7.39. The second kappa shape index (κ2) is 14.7. The van der Waals surface area contributed by atoms with Crippen molar-refractivity contribution >= 4 is 40.7 Å². The minimum atomic E-state index is -0.553. The topological polar surface area (TPSA) is 144 Å². The number of hydrogen-bond donors (Lipinski definition) is 3. The number of primary amides is 1. The fourth-order valence-electron chi connectivity index (χ4n) is 7.30. The number of urea groups is 1. The minimum Gasteiger partial charge on any atom is -0.494 e.